The van der Waals surface area contributed by atoms with Gasteiger partial charge in [0.1, 0.15) is 69.2 Å². The van der Waals surface area contributed by atoms with E-state index in [1.165, 1.54) is 5.56 Å². The van der Waals surface area contributed by atoms with Crippen LogP contribution in [-0.2, 0) is 12.1 Å². The fourth-order valence-electron chi connectivity index (χ4n) is 13.2. The molecule has 0 spiro atoms. The molecule has 0 unspecified atom stereocenters. The summed E-state index contributed by atoms with van der Waals surface area (Å²) in [5, 5.41) is 7.68. The van der Waals surface area contributed by atoms with Crippen molar-refractivity contribution in [2.45, 2.75) is 50.2 Å². The van der Waals surface area contributed by atoms with Gasteiger partial charge in [-0.1, -0.05) is 103 Å². The third-order valence-corrected chi connectivity index (χ3v) is 19.9. The van der Waals surface area contributed by atoms with E-state index in [1.807, 2.05) is 121 Å². The Morgan fingerprint density at radius 3 is 1.16 bits per heavy atom. The van der Waals surface area contributed by atoms with E-state index >= 15 is 0 Å². The molecule has 2 saturated heterocycles. The molecule has 17 rings (SSSR count). The number of para-hydroxylation sites is 1. The number of carbonyl (C=O) groups excluding carboxylic acids is 5. The first kappa shape index (κ1) is 80.8. The van der Waals surface area contributed by atoms with E-state index in [1.54, 1.807) is 147 Å². The van der Waals surface area contributed by atoms with Gasteiger partial charge in [-0.25, -0.2) is 49.8 Å². The maximum atomic E-state index is 12.8. The van der Waals surface area contributed by atoms with E-state index in [4.69, 9.17) is 45.9 Å². The molecule has 590 valence electrons. The van der Waals surface area contributed by atoms with Crippen molar-refractivity contribution in [2.24, 2.45) is 17.2 Å². The van der Waals surface area contributed by atoms with E-state index in [0.717, 1.165) is 102 Å². The molecular weight excluding hydrogens is 1480 g/mol. The number of rotatable bonds is 17. The van der Waals surface area contributed by atoms with Crippen molar-refractivity contribution in [2.75, 3.05) is 64.6 Å². The fraction of sp³-hybridized carbons (Fsp3) is 0.133. The van der Waals surface area contributed by atoms with Crippen molar-refractivity contribution in [1.82, 2.24) is 65.0 Å². The van der Waals surface area contributed by atoms with Crippen molar-refractivity contribution < 1.29 is 24.0 Å². The second-order valence-corrected chi connectivity index (χ2v) is 28.1. The molecule has 0 saturated carbocycles. The highest BCUT2D eigenvalue weighted by Crippen LogP contribution is 2.33. The van der Waals surface area contributed by atoms with Crippen molar-refractivity contribution in [3.8, 4) is 33.9 Å². The Kier molecular flexibility index (Phi) is 25.4. The van der Waals surface area contributed by atoms with Gasteiger partial charge in [-0.15, -0.1) is 0 Å². The molecule has 28 nitrogen and oxygen atoms in total. The second kappa shape index (κ2) is 37.1. The molecule has 28 heteroatoms. The number of piperidine rings is 2. The molecule has 2 aliphatic heterocycles. The fourth-order valence-corrected chi connectivity index (χ4v) is 13.2. The van der Waals surface area contributed by atoms with Gasteiger partial charge in [0, 0.05) is 103 Å². The van der Waals surface area contributed by atoms with Crippen LogP contribution in [0, 0.1) is 0 Å². The number of ketones is 5. The van der Waals surface area contributed by atoms with Gasteiger partial charge in [-0.3, -0.25) is 29.1 Å². The van der Waals surface area contributed by atoms with Crippen molar-refractivity contribution >= 4 is 80.5 Å². The molecule has 14 heterocycles. The largest absolute Gasteiger partial charge is 0.383 e. The van der Waals surface area contributed by atoms with Gasteiger partial charge in [-0.2, -0.15) is 5.10 Å². The number of carbonyl (C=O) groups is 5. The highest BCUT2D eigenvalue weighted by molar-refractivity contribution is 6.13. The minimum atomic E-state index is -0.324. The molecule has 0 radical (unpaired) electrons. The maximum Gasteiger partial charge on any atom is 0.215 e. The number of aromatic amines is 2. The van der Waals surface area contributed by atoms with E-state index in [-0.39, 0.29) is 69.1 Å². The molecule has 118 heavy (non-hydrogen) atoms. The van der Waals surface area contributed by atoms with Crippen LogP contribution in [0.1, 0.15) is 124 Å². The number of benzene rings is 3. The monoisotopic (exact) mass is 1570 g/mol. The third kappa shape index (κ3) is 19.7. The van der Waals surface area contributed by atoms with Crippen LogP contribution < -0.4 is 55.7 Å². The third-order valence-electron chi connectivity index (χ3n) is 19.9. The molecule has 2 fully saturated rings. The quantitative estimate of drug-likeness (QED) is 0.0379. The molecular formula is C90H85N23O5. The van der Waals surface area contributed by atoms with Crippen LogP contribution in [0.4, 0.5) is 40.7 Å². The highest BCUT2D eigenvalue weighted by atomic mass is 16.1. The van der Waals surface area contributed by atoms with Crippen LogP contribution >= 0.6 is 0 Å². The predicted octanol–water partition coefficient (Wildman–Crippen LogP) is 11.9. The minimum Gasteiger partial charge on any atom is -0.383 e. The summed E-state index contributed by atoms with van der Waals surface area (Å²) in [5.41, 5.74) is 58.4. The zero-order valence-electron chi connectivity index (χ0n) is 64.4. The van der Waals surface area contributed by atoms with Crippen LogP contribution in [0.5, 0.6) is 0 Å². The molecule has 0 amide bonds. The SMILES string of the molecule is CC1(N)CCN(c2cccc(C(=O)c3cccnc3N)n2)CC1.NCc1ccc(-c2cccc(C(=O)c3cccnc3N)n2)cc1.Nc1ncccc1C(=O)c1cccc(-c2cc3ccccc3[nH]2)n1.Nc1ncccc1C(=O)c1cccc(-c2cn[nH]c2)n1.Nc1ncccc1C(=O)c1cccc(N2CCC(N)(c3ccccc3)CC2)n1. The molecule has 0 atom stereocenters. The summed E-state index contributed by atoms with van der Waals surface area (Å²) in [6, 6.07) is 71.6. The van der Waals surface area contributed by atoms with E-state index in [0.29, 0.717) is 74.2 Å². The number of nitrogen functional groups attached to an aromatic ring is 5. The molecule has 15 aromatic rings. The Morgan fingerprint density at radius 1 is 0.390 bits per heavy atom. The number of nitrogens with zero attached hydrogens (tertiary/aromatic N) is 13. The van der Waals surface area contributed by atoms with Crippen LogP contribution in [0.2, 0.25) is 0 Å². The Hall–Kier alpha value is -15.3. The molecule has 3 aromatic carbocycles. The normalized spacial score (nSPS) is 13.1. The Bertz CT molecular complexity index is 6010. The summed E-state index contributed by atoms with van der Waals surface area (Å²) in [4.78, 5) is 113. The van der Waals surface area contributed by atoms with Gasteiger partial charge >= 0.3 is 0 Å². The summed E-state index contributed by atoms with van der Waals surface area (Å²) in [6.07, 6.45) is 14.6. The number of nitrogens with two attached hydrogens (primary N) is 8. The first-order valence-electron chi connectivity index (χ1n) is 37.8. The number of anilines is 7. The van der Waals surface area contributed by atoms with Gasteiger partial charge in [0.2, 0.25) is 28.9 Å². The lowest BCUT2D eigenvalue weighted by atomic mass is 9.82. The lowest BCUT2D eigenvalue weighted by Crippen LogP contribution is -2.48. The average Bonchev–Trinajstić information content (AvgIpc) is 1.68. The summed E-state index contributed by atoms with van der Waals surface area (Å²) in [7, 11) is 0. The molecule has 12 aromatic heterocycles. The van der Waals surface area contributed by atoms with Gasteiger partial charge in [0.05, 0.1) is 56.8 Å². The van der Waals surface area contributed by atoms with Crippen LogP contribution in [0.3, 0.4) is 0 Å². The number of aromatic nitrogens is 13. The molecule has 18 N–H and O–H groups in total. The van der Waals surface area contributed by atoms with E-state index in [9.17, 15) is 24.0 Å². The second-order valence-electron chi connectivity index (χ2n) is 28.1. The number of pyridine rings is 10. The summed E-state index contributed by atoms with van der Waals surface area (Å²) in [5.74, 6) is 1.48. The number of fused-ring (bicyclic) bond motifs is 1. The smallest absolute Gasteiger partial charge is 0.215 e. The topological polar surface area (TPSA) is 473 Å². The van der Waals surface area contributed by atoms with E-state index in [2.05, 4.69) is 93.9 Å². The average molecular weight is 1570 g/mol. The first-order chi connectivity index (χ1) is 57.2. The zero-order valence-corrected chi connectivity index (χ0v) is 64.4. The minimum absolute atomic E-state index is 0.117. The van der Waals surface area contributed by atoms with E-state index < -0.39 is 0 Å². The van der Waals surface area contributed by atoms with Gasteiger partial charge in [-0.05, 0) is 177 Å². The Labute approximate surface area is 679 Å². The van der Waals surface area contributed by atoms with Crippen molar-refractivity contribution in [1.29, 1.82) is 0 Å². The number of hydrogen-bond donors (Lipinski definition) is 10. The van der Waals surface area contributed by atoms with Gasteiger partial charge < -0.3 is 60.7 Å². The number of nitrogens with one attached hydrogen (secondary N) is 2. The Balaban J connectivity index is 0.000000128. The van der Waals surface area contributed by atoms with Crippen LogP contribution in [0.25, 0.3) is 44.8 Å². The Morgan fingerprint density at radius 2 is 0.763 bits per heavy atom. The van der Waals surface area contributed by atoms with Crippen molar-refractivity contribution in [3.05, 3.63) is 347 Å². The lowest BCUT2D eigenvalue weighted by molar-refractivity contribution is 0.102. The number of H-pyrrole nitrogens is 2. The maximum absolute atomic E-state index is 12.8. The first-order valence-corrected chi connectivity index (χ1v) is 37.8. The molecule has 0 bridgehead atoms. The van der Waals surface area contributed by atoms with Crippen LogP contribution in [-0.4, -0.2) is 126 Å². The van der Waals surface area contributed by atoms with Gasteiger partial charge in [0.15, 0.2) is 0 Å². The lowest BCUT2D eigenvalue weighted by Gasteiger charge is -2.40. The molecule has 0 aliphatic carbocycles. The summed E-state index contributed by atoms with van der Waals surface area (Å²) >= 11 is 0. The van der Waals surface area contributed by atoms with Gasteiger partial charge in [0.25, 0.3) is 0 Å². The standard InChI is InChI=1S/C22H23N5O.C19H14N4O.C18H16N4O.C17H21N5O.C14H11N5O/c23-21-17(8-5-13-25-21)20(28)18-9-4-10-19(26-18)27-14-11-22(24,12-15-27)16-6-2-1-3-7-16;20-19-13(6-4-10-21-19)18(24)16-9-3-8-15(23-16)17-11-12-5-1-2-7-14(12)22-17;19-11-12-6-8-13(9-7-12)15-4-1-5-16(22-15)17(23)14-3-2-10-21-18(14)20;1-17(19)7-10-22(11-8-17)14-6-2-5-13(21-14)15(23)12-4-3-9-20-16(12)18;15-14-10(3-2-6-16-14)13(20)12-5-1-4-11(19-12)9-7-17-18-8-9/h1-10,13H,11-12,14-15,24H2,(H2,23,25);1-11,22H,(H2,20,21);1-10H,11,19H2,(H2,20,21);2-6,9H,7-8,10-11,19H2,1H3,(H2,18,20);1-8H,(H2,15,16)(H,17,18). The molecule has 2 aliphatic rings. The van der Waals surface area contributed by atoms with Crippen LogP contribution in [0.15, 0.2) is 280 Å². The highest BCUT2D eigenvalue weighted by Gasteiger charge is 2.34. The van der Waals surface area contributed by atoms with Crippen molar-refractivity contribution in [3.63, 3.8) is 0 Å². The summed E-state index contributed by atoms with van der Waals surface area (Å²) < 4.78 is 0. The zero-order chi connectivity index (χ0) is 82.7. The number of hydrogen-bond acceptors (Lipinski definition) is 26. The predicted molar refractivity (Wildman–Crippen MR) is 458 cm³/mol. The summed E-state index contributed by atoms with van der Waals surface area (Å²) in [6.45, 7) is 5.81.